The zero-order valence-electron chi connectivity index (χ0n) is 17.7. The number of hydrogen-bond donors (Lipinski definition) is 2. The van der Waals surface area contributed by atoms with Gasteiger partial charge in [-0.2, -0.15) is 0 Å². The van der Waals surface area contributed by atoms with Crippen LogP contribution in [0.25, 0.3) is 11.0 Å². The van der Waals surface area contributed by atoms with E-state index in [1.807, 2.05) is 26.8 Å². The topological polar surface area (TPSA) is 98.2 Å². The number of aromatic amines is 1. The van der Waals surface area contributed by atoms with Crippen LogP contribution in [0.4, 0.5) is 5.69 Å². The second kappa shape index (κ2) is 9.25. The fraction of sp³-hybridized carbons (Fsp3) is 0.381. The average Bonchev–Trinajstić information content (AvgIpc) is 3.12. The van der Waals surface area contributed by atoms with Crippen LogP contribution in [0.5, 0.6) is 11.5 Å². The third kappa shape index (κ3) is 4.46. The summed E-state index contributed by atoms with van der Waals surface area (Å²) >= 11 is 1.24. The maximum atomic E-state index is 13.0. The molecule has 1 aromatic carbocycles. The number of rotatable bonds is 8. The highest BCUT2D eigenvalue weighted by molar-refractivity contribution is 7.99. The monoisotopic (exact) mass is 430 g/mol. The number of thioether (sulfide) groups is 1. The number of H-pyrrole nitrogens is 1. The van der Waals surface area contributed by atoms with E-state index in [2.05, 4.69) is 15.3 Å². The molecule has 0 radical (unpaired) electrons. The number of anilines is 1. The Labute approximate surface area is 179 Å². The quantitative estimate of drug-likeness (QED) is 0.417. The Morgan fingerprint density at radius 2 is 2.00 bits per heavy atom. The molecule has 160 valence electrons. The van der Waals surface area contributed by atoms with Crippen molar-refractivity contribution in [1.29, 1.82) is 0 Å². The van der Waals surface area contributed by atoms with Crippen molar-refractivity contribution < 1.29 is 14.3 Å². The van der Waals surface area contributed by atoms with Gasteiger partial charge in [0.05, 0.1) is 25.5 Å². The summed E-state index contributed by atoms with van der Waals surface area (Å²) in [5.41, 5.74) is 2.46. The van der Waals surface area contributed by atoms with Gasteiger partial charge in [0.1, 0.15) is 5.52 Å². The number of carbonyl (C=O) groups excluding carboxylic acids is 1. The van der Waals surface area contributed by atoms with Crippen LogP contribution in [0.15, 0.2) is 34.2 Å². The van der Waals surface area contributed by atoms with Gasteiger partial charge in [0.25, 0.3) is 5.56 Å². The molecule has 0 aliphatic carbocycles. The Morgan fingerprint density at radius 3 is 2.67 bits per heavy atom. The number of amides is 1. The molecule has 0 fully saturated rings. The van der Waals surface area contributed by atoms with Gasteiger partial charge in [0, 0.05) is 23.5 Å². The minimum Gasteiger partial charge on any atom is -0.493 e. The lowest BCUT2D eigenvalue weighted by Crippen LogP contribution is -2.26. The van der Waals surface area contributed by atoms with Crippen molar-refractivity contribution in [3.8, 4) is 11.5 Å². The van der Waals surface area contributed by atoms with Gasteiger partial charge in [0.2, 0.25) is 5.91 Å². The number of fused-ring (bicyclic) bond motifs is 1. The maximum Gasteiger partial charge on any atom is 0.278 e. The normalized spacial score (nSPS) is 12.0. The Balaban J connectivity index is 1.81. The first-order valence-electron chi connectivity index (χ1n) is 9.64. The molecule has 2 heterocycles. The molecule has 30 heavy (non-hydrogen) atoms. The number of aryl methyl sites for hydroxylation is 1. The van der Waals surface area contributed by atoms with E-state index in [1.54, 1.807) is 29.9 Å². The molecule has 9 heteroatoms. The molecular weight excluding hydrogens is 404 g/mol. The summed E-state index contributed by atoms with van der Waals surface area (Å²) in [7, 11) is 3.09. The summed E-state index contributed by atoms with van der Waals surface area (Å²) < 4.78 is 12.1. The fourth-order valence-corrected chi connectivity index (χ4v) is 4.00. The number of benzene rings is 1. The average molecular weight is 431 g/mol. The predicted octanol–water partition coefficient (Wildman–Crippen LogP) is 3.75. The van der Waals surface area contributed by atoms with Crippen LogP contribution in [0.2, 0.25) is 0 Å². The third-order valence-electron chi connectivity index (χ3n) is 4.82. The molecule has 3 rings (SSSR count). The zero-order valence-corrected chi connectivity index (χ0v) is 18.6. The fourth-order valence-electron chi connectivity index (χ4n) is 3.10. The Hall–Kier alpha value is -2.94. The Bertz CT molecular complexity index is 1120. The molecule has 2 N–H and O–H groups in total. The summed E-state index contributed by atoms with van der Waals surface area (Å²) in [5, 5.41) is 3.37. The molecule has 2 aromatic heterocycles. The van der Waals surface area contributed by atoms with Crippen LogP contribution in [-0.2, 0) is 4.79 Å². The highest BCUT2D eigenvalue weighted by Gasteiger charge is 2.18. The van der Waals surface area contributed by atoms with E-state index < -0.39 is 0 Å². The van der Waals surface area contributed by atoms with Crippen molar-refractivity contribution in [2.75, 3.05) is 25.3 Å². The number of methoxy groups -OCH3 is 2. The number of carbonyl (C=O) groups is 1. The van der Waals surface area contributed by atoms with Crippen molar-refractivity contribution in [3.05, 3.63) is 40.3 Å². The van der Waals surface area contributed by atoms with Gasteiger partial charge >= 0.3 is 0 Å². The minimum absolute atomic E-state index is 0.0329. The van der Waals surface area contributed by atoms with Crippen LogP contribution in [0.3, 0.4) is 0 Å². The molecule has 0 bridgehead atoms. The first kappa shape index (κ1) is 21.8. The molecule has 8 nitrogen and oxygen atoms in total. The SMILES string of the molecule is CC[C@@H](C)n1c(SCC(=O)Nc2ccc(OC)c(OC)c2)nc2cc(C)[nH]c2c1=O. The minimum atomic E-state index is -0.206. The number of aromatic nitrogens is 3. The molecule has 1 amide bonds. The molecule has 0 saturated carbocycles. The first-order chi connectivity index (χ1) is 14.4. The van der Waals surface area contributed by atoms with Crippen molar-refractivity contribution in [2.45, 2.75) is 38.4 Å². The lowest BCUT2D eigenvalue weighted by atomic mass is 10.2. The van der Waals surface area contributed by atoms with Gasteiger partial charge in [-0.15, -0.1) is 0 Å². The number of nitrogens with zero attached hydrogens (tertiary/aromatic N) is 2. The standard InChI is InChI=1S/C21H26N4O4S/c1-6-13(3)25-20(27)19-15(9-12(2)22-19)24-21(25)30-11-18(26)23-14-7-8-16(28-4)17(10-14)29-5/h7-10,13,22H,6,11H2,1-5H3,(H,23,26)/t13-/m1/s1. The van der Waals surface area contributed by atoms with Gasteiger partial charge in [0.15, 0.2) is 16.7 Å². The van der Waals surface area contributed by atoms with Crippen LogP contribution in [-0.4, -0.2) is 40.4 Å². The summed E-state index contributed by atoms with van der Waals surface area (Å²) in [5.74, 6) is 1.03. The van der Waals surface area contributed by atoms with E-state index in [0.29, 0.717) is 33.4 Å². The Morgan fingerprint density at radius 1 is 1.27 bits per heavy atom. The summed E-state index contributed by atoms with van der Waals surface area (Å²) in [6.45, 7) is 5.87. The van der Waals surface area contributed by atoms with Crippen molar-refractivity contribution in [2.24, 2.45) is 0 Å². The number of hydrogen-bond acceptors (Lipinski definition) is 6. The lowest BCUT2D eigenvalue weighted by Gasteiger charge is -2.17. The van der Waals surface area contributed by atoms with Crippen LogP contribution < -0.4 is 20.3 Å². The predicted molar refractivity (Wildman–Crippen MR) is 119 cm³/mol. The van der Waals surface area contributed by atoms with E-state index in [0.717, 1.165) is 12.1 Å². The summed E-state index contributed by atoms with van der Waals surface area (Å²) in [6.07, 6.45) is 0.776. The number of ether oxygens (including phenoxy) is 2. The second-order valence-electron chi connectivity index (χ2n) is 6.95. The van der Waals surface area contributed by atoms with Gasteiger partial charge in [-0.05, 0) is 38.5 Å². The molecule has 0 unspecified atom stereocenters. The summed E-state index contributed by atoms with van der Waals surface area (Å²) in [6, 6.07) is 6.97. The van der Waals surface area contributed by atoms with Gasteiger partial charge in [-0.25, -0.2) is 4.98 Å². The first-order valence-corrected chi connectivity index (χ1v) is 10.6. The largest absolute Gasteiger partial charge is 0.493 e. The molecule has 0 aliphatic rings. The second-order valence-corrected chi connectivity index (χ2v) is 7.89. The molecule has 0 spiro atoms. The highest BCUT2D eigenvalue weighted by Crippen LogP contribution is 2.30. The van der Waals surface area contributed by atoms with E-state index >= 15 is 0 Å². The van der Waals surface area contributed by atoms with E-state index in [-0.39, 0.29) is 23.3 Å². The molecule has 0 saturated heterocycles. The van der Waals surface area contributed by atoms with E-state index in [9.17, 15) is 9.59 Å². The van der Waals surface area contributed by atoms with Crippen LogP contribution in [0.1, 0.15) is 32.0 Å². The molecule has 0 aliphatic heterocycles. The maximum absolute atomic E-state index is 13.0. The molecule has 3 aromatic rings. The Kier molecular flexibility index (Phi) is 6.71. The molecular formula is C21H26N4O4S. The van der Waals surface area contributed by atoms with E-state index in [1.165, 1.54) is 18.9 Å². The highest BCUT2D eigenvalue weighted by atomic mass is 32.2. The van der Waals surface area contributed by atoms with E-state index in [4.69, 9.17) is 9.47 Å². The zero-order chi connectivity index (χ0) is 21.8. The van der Waals surface area contributed by atoms with Crippen molar-refractivity contribution in [3.63, 3.8) is 0 Å². The molecule has 1 atom stereocenters. The van der Waals surface area contributed by atoms with Crippen molar-refractivity contribution >= 4 is 34.4 Å². The lowest BCUT2D eigenvalue weighted by molar-refractivity contribution is -0.113. The van der Waals surface area contributed by atoms with Crippen LogP contribution in [0, 0.1) is 6.92 Å². The van der Waals surface area contributed by atoms with Crippen molar-refractivity contribution in [1.82, 2.24) is 14.5 Å². The van der Waals surface area contributed by atoms with Gasteiger partial charge in [-0.1, -0.05) is 18.7 Å². The third-order valence-corrected chi connectivity index (χ3v) is 5.77. The van der Waals surface area contributed by atoms with Gasteiger partial charge in [-0.3, -0.25) is 14.2 Å². The summed E-state index contributed by atoms with van der Waals surface area (Å²) in [4.78, 5) is 33.2. The van der Waals surface area contributed by atoms with Gasteiger partial charge < -0.3 is 19.8 Å². The van der Waals surface area contributed by atoms with Crippen LogP contribution >= 0.6 is 11.8 Å². The number of nitrogens with one attached hydrogen (secondary N) is 2. The smallest absolute Gasteiger partial charge is 0.278 e.